The van der Waals surface area contributed by atoms with Crippen molar-refractivity contribution in [3.63, 3.8) is 0 Å². The third-order valence-electron chi connectivity index (χ3n) is 3.26. The van der Waals surface area contributed by atoms with E-state index in [1.54, 1.807) is 6.26 Å². The lowest BCUT2D eigenvalue weighted by Crippen LogP contribution is -2.23. The number of rotatable bonds is 7. The maximum absolute atomic E-state index is 5.87. The van der Waals surface area contributed by atoms with Gasteiger partial charge in [0.15, 0.2) is 0 Å². The molecule has 2 rings (SSSR count). The fourth-order valence-electron chi connectivity index (χ4n) is 2.29. The van der Waals surface area contributed by atoms with Gasteiger partial charge >= 0.3 is 0 Å². The monoisotopic (exact) mass is 273 g/mol. The highest BCUT2D eigenvalue weighted by Gasteiger charge is 2.21. The summed E-state index contributed by atoms with van der Waals surface area (Å²) in [6.07, 6.45) is 2.74. The average molecular weight is 273 g/mol. The number of nitrogens with one attached hydrogen (secondary N) is 1. The molecule has 1 N–H and O–H groups in total. The highest BCUT2D eigenvalue weighted by molar-refractivity contribution is 5.41. The van der Waals surface area contributed by atoms with Crippen LogP contribution < -0.4 is 10.1 Å². The van der Waals surface area contributed by atoms with Crippen molar-refractivity contribution in [3.05, 3.63) is 53.5 Å². The van der Waals surface area contributed by atoms with Crippen LogP contribution in [-0.4, -0.2) is 13.2 Å². The van der Waals surface area contributed by atoms with Crippen molar-refractivity contribution in [2.45, 2.75) is 33.2 Å². The number of aryl methyl sites for hydroxylation is 1. The van der Waals surface area contributed by atoms with E-state index in [-0.39, 0.29) is 6.04 Å². The highest BCUT2D eigenvalue weighted by Crippen LogP contribution is 2.32. The topological polar surface area (TPSA) is 34.4 Å². The normalized spacial score (nSPS) is 12.3. The Morgan fingerprint density at radius 1 is 1.20 bits per heavy atom. The van der Waals surface area contributed by atoms with Gasteiger partial charge in [-0.1, -0.05) is 32.0 Å². The van der Waals surface area contributed by atoms with E-state index in [2.05, 4.69) is 32.2 Å². The molecule has 0 saturated carbocycles. The van der Waals surface area contributed by atoms with Crippen LogP contribution in [0, 0.1) is 6.92 Å². The summed E-state index contributed by atoms with van der Waals surface area (Å²) in [5.74, 6) is 1.88. The molecule has 1 heterocycles. The summed E-state index contributed by atoms with van der Waals surface area (Å²) >= 11 is 0. The fraction of sp³-hybridized carbons (Fsp3) is 0.412. The van der Waals surface area contributed by atoms with Crippen molar-refractivity contribution in [1.82, 2.24) is 5.32 Å². The maximum Gasteiger partial charge on any atom is 0.128 e. The third-order valence-corrected chi connectivity index (χ3v) is 3.26. The van der Waals surface area contributed by atoms with Crippen LogP contribution >= 0.6 is 0 Å². The van der Waals surface area contributed by atoms with Gasteiger partial charge in [0.05, 0.1) is 18.9 Å². The molecule has 0 aliphatic heterocycles. The van der Waals surface area contributed by atoms with Crippen LogP contribution in [0.5, 0.6) is 5.75 Å². The first-order chi connectivity index (χ1) is 9.77. The third kappa shape index (κ3) is 3.23. The van der Waals surface area contributed by atoms with Gasteiger partial charge in [0, 0.05) is 5.56 Å². The Morgan fingerprint density at radius 3 is 2.65 bits per heavy atom. The Labute approximate surface area is 121 Å². The van der Waals surface area contributed by atoms with Crippen molar-refractivity contribution >= 4 is 0 Å². The lowest BCUT2D eigenvalue weighted by Gasteiger charge is -2.20. The van der Waals surface area contributed by atoms with Gasteiger partial charge in [-0.25, -0.2) is 0 Å². The quantitative estimate of drug-likeness (QED) is 0.825. The minimum absolute atomic E-state index is 0.0306. The Kier molecular flexibility index (Phi) is 5.24. The minimum atomic E-state index is 0.0306. The predicted molar refractivity (Wildman–Crippen MR) is 81.2 cm³/mol. The SMILES string of the molecule is CCCOc1ccccc1C(NCC)c1occc1C. The van der Waals surface area contributed by atoms with Crippen LogP contribution in [0.15, 0.2) is 41.0 Å². The zero-order valence-electron chi connectivity index (χ0n) is 12.5. The summed E-state index contributed by atoms with van der Waals surface area (Å²) in [6.45, 7) is 7.88. The summed E-state index contributed by atoms with van der Waals surface area (Å²) < 4.78 is 11.5. The average Bonchev–Trinajstić information content (AvgIpc) is 2.89. The van der Waals surface area contributed by atoms with E-state index >= 15 is 0 Å². The molecular formula is C17H23NO2. The van der Waals surface area contributed by atoms with Crippen LogP contribution in [0.3, 0.4) is 0 Å². The van der Waals surface area contributed by atoms with Crippen LogP contribution in [-0.2, 0) is 0 Å². The number of hydrogen-bond acceptors (Lipinski definition) is 3. The Bertz CT molecular complexity index is 533. The molecule has 0 spiro atoms. The molecule has 0 fully saturated rings. The van der Waals surface area contributed by atoms with Gasteiger partial charge in [-0.2, -0.15) is 0 Å². The highest BCUT2D eigenvalue weighted by atomic mass is 16.5. The van der Waals surface area contributed by atoms with Crippen molar-refractivity contribution in [2.24, 2.45) is 0 Å². The first kappa shape index (κ1) is 14.7. The first-order valence-corrected chi connectivity index (χ1v) is 7.27. The van der Waals surface area contributed by atoms with E-state index in [0.29, 0.717) is 0 Å². The van der Waals surface area contributed by atoms with E-state index in [4.69, 9.17) is 9.15 Å². The van der Waals surface area contributed by atoms with E-state index in [1.165, 1.54) is 0 Å². The van der Waals surface area contributed by atoms with Crippen LogP contribution in [0.25, 0.3) is 0 Å². The Hall–Kier alpha value is -1.74. The molecule has 0 bridgehead atoms. The molecule has 3 heteroatoms. The van der Waals surface area contributed by atoms with Gasteiger partial charge in [-0.3, -0.25) is 0 Å². The molecule has 0 radical (unpaired) electrons. The molecule has 2 aromatic rings. The molecular weight excluding hydrogens is 250 g/mol. The van der Waals surface area contributed by atoms with Gasteiger partial charge in [-0.05, 0) is 37.6 Å². The van der Waals surface area contributed by atoms with Crippen LogP contribution in [0.1, 0.15) is 43.2 Å². The molecule has 3 nitrogen and oxygen atoms in total. The summed E-state index contributed by atoms with van der Waals surface area (Å²) in [5.41, 5.74) is 2.28. The first-order valence-electron chi connectivity index (χ1n) is 7.27. The molecule has 0 aliphatic rings. The summed E-state index contributed by atoms with van der Waals surface area (Å²) in [4.78, 5) is 0. The lowest BCUT2D eigenvalue weighted by atomic mass is 10.0. The van der Waals surface area contributed by atoms with Gasteiger partial charge in [-0.15, -0.1) is 0 Å². The molecule has 20 heavy (non-hydrogen) atoms. The standard InChI is InChI=1S/C17H23NO2/c1-4-11-19-15-9-7-6-8-14(15)16(18-5-2)17-13(3)10-12-20-17/h6-10,12,16,18H,4-5,11H2,1-3H3. The zero-order chi connectivity index (χ0) is 14.4. The predicted octanol–water partition coefficient (Wildman–Crippen LogP) is 4.08. The molecule has 0 amide bonds. The Balaban J connectivity index is 2.36. The molecule has 1 unspecified atom stereocenters. The largest absolute Gasteiger partial charge is 0.493 e. The molecule has 108 valence electrons. The number of para-hydroxylation sites is 1. The van der Waals surface area contributed by atoms with Gasteiger partial charge < -0.3 is 14.5 Å². The van der Waals surface area contributed by atoms with Crippen molar-refractivity contribution < 1.29 is 9.15 Å². The van der Waals surface area contributed by atoms with Crippen LogP contribution in [0.2, 0.25) is 0 Å². The lowest BCUT2D eigenvalue weighted by molar-refractivity contribution is 0.309. The Morgan fingerprint density at radius 2 is 2.00 bits per heavy atom. The van der Waals surface area contributed by atoms with Gasteiger partial charge in [0.1, 0.15) is 11.5 Å². The number of furan rings is 1. The fourth-order valence-corrected chi connectivity index (χ4v) is 2.29. The molecule has 0 saturated heterocycles. The summed E-state index contributed by atoms with van der Waals surface area (Å²) in [5, 5.41) is 3.49. The number of benzene rings is 1. The molecule has 1 aromatic heterocycles. The van der Waals surface area contributed by atoms with E-state index in [0.717, 1.165) is 42.2 Å². The van der Waals surface area contributed by atoms with E-state index in [9.17, 15) is 0 Å². The number of ether oxygens (including phenoxy) is 1. The van der Waals surface area contributed by atoms with Gasteiger partial charge in [0.25, 0.3) is 0 Å². The zero-order valence-corrected chi connectivity index (χ0v) is 12.5. The minimum Gasteiger partial charge on any atom is -0.493 e. The van der Waals surface area contributed by atoms with Gasteiger partial charge in [0.2, 0.25) is 0 Å². The second-order valence-electron chi connectivity index (χ2n) is 4.84. The molecule has 0 aliphatic carbocycles. The van der Waals surface area contributed by atoms with Crippen molar-refractivity contribution in [1.29, 1.82) is 0 Å². The second-order valence-corrected chi connectivity index (χ2v) is 4.84. The summed E-state index contributed by atoms with van der Waals surface area (Å²) in [6, 6.07) is 10.2. The van der Waals surface area contributed by atoms with Crippen molar-refractivity contribution in [3.8, 4) is 5.75 Å². The maximum atomic E-state index is 5.87. The molecule has 1 aromatic carbocycles. The summed E-state index contributed by atoms with van der Waals surface area (Å²) in [7, 11) is 0. The number of hydrogen-bond donors (Lipinski definition) is 1. The smallest absolute Gasteiger partial charge is 0.128 e. The second kappa shape index (κ2) is 7.15. The van der Waals surface area contributed by atoms with Crippen LogP contribution in [0.4, 0.5) is 0 Å². The molecule has 1 atom stereocenters. The van der Waals surface area contributed by atoms with E-state index in [1.807, 2.05) is 24.3 Å². The van der Waals surface area contributed by atoms with E-state index < -0.39 is 0 Å². The van der Waals surface area contributed by atoms with Crippen molar-refractivity contribution in [2.75, 3.05) is 13.2 Å².